The van der Waals surface area contributed by atoms with E-state index in [-0.39, 0.29) is 5.91 Å². The average molecular weight is 266 g/mol. The second kappa shape index (κ2) is 5.10. The van der Waals surface area contributed by atoms with Gasteiger partial charge in [0.25, 0.3) is 5.91 Å². The lowest BCUT2D eigenvalue weighted by Gasteiger charge is -2.11. The first kappa shape index (κ1) is 12.9. The Morgan fingerprint density at radius 1 is 1.10 bits per heavy atom. The number of benzene rings is 2. The lowest BCUT2D eigenvalue weighted by molar-refractivity contribution is 0.102. The minimum absolute atomic E-state index is 0.0361. The number of rotatable bonds is 2. The molecule has 1 N–H and O–H groups in total. The van der Waals surface area contributed by atoms with Crippen LogP contribution in [0.25, 0.3) is 0 Å². The smallest absolute Gasteiger partial charge is 0.255 e. The molecule has 0 atom stereocenters. The van der Waals surface area contributed by atoms with Crippen molar-refractivity contribution in [2.24, 2.45) is 0 Å². The molecule has 1 heterocycles. The van der Waals surface area contributed by atoms with Gasteiger partial charge in [0.2, 0.25) is 0 Å². The third-order valence-electron chi connectivity index (χ3n) is 3.78. The normalized spacial score (nSPS) is 14.1. The molecule has 0 fully saturated rings. The Balaban J connectivity index is 1.88. The van der Waals surface area contributed by atoms with Gasteiger partial charge >= 0.3 is 0 Å². The maximum Gasteiger partial charge on any atom is 0.255 e. The summed E-state index contributed by atoms with van der Waals surface area (Å²) in [6.45, 7) is 3.79. The molecule has 0 spiro atoms. The summed E-state index contributed by atoms with van der Waals surface area (Å²) in [7, 11) is 2.09. The van der Waals surface area contributed by atoms with E-state index in [0.29, 0.717) is 0 Å². The van der Waals surface area contributed by atoms with Gasteiger partial charge in [-0.25, -0.2) is 0 Å². The van der Waals surface area contributed by atoms with Gasteiger partial charge in [0.1, 0.15) is 0 Å². The number of hydrogen-bond donors (Lipinski definition) is 1. The predicted molar refractivity (Wildman–Crippen MR) is 80.7 cm³/mol. The van der Waals surface area contributed by atoms with Crippen LogP contribution in [0.5, 0.6) is 0 Å². The minimum Gasteiger partial charge on any atom is -0.322 e. The molecule has 0 saturated heterocycles. The third kappa shape index (κ3) is 2.32. The molecule has 0 aromatic heterocycles. The highest BCUT2D eigenvalue weighted by molar-refractivity contribution is 6.05. The van der Waals surface area contributed by atoms with E-state index in [0.717, 1.165) is 29.9 Å². The highest BCUT2D eigenvalue weighted by atomic mass is 16.1. The van der Waals surface area contributed by atoms with E-state index in [4.69, 9.17) is 0 Å². The van der Waals surface area contributed by atoms with Gasteiger partial charge in [-0.3, -0.25) is 9.69 Å². The molecule has 2 aromatic carbocycles. The average Bonchev–Trinajstić information content (AvgIpc) is 2.80. The first-order valence-electron chi connectivity index (χ1n) is 6.81. The van der Waals surface area contributed by atoms with Crippen molar-refractivity contribution in [1.29, 1.82) is 0 Å². The van der Waals surface area contributed by atoms with Crippen molar-refractivity contribution in [3.05, 3.63) is 64.7 Å². The molecule has 1 aliphatic rings. The number of nitrogens with one attached hydrogen (secondary N) is 1. The van der Waals surface area contributed by atoms with E-state index in [2.05, 4.69) is 23.3 Å². The zero-order chi connectivity index (χ0) is 14.1. The molecule has 0 unspecified atom stereocenters. The van der Waals surface area contributed by atoms with Crippen LogP contribution in [0.15, 0.2) is 42.5 Å². The van der Waals surface area contributed by atoms with Gasteiger partial charge in [0.05, 0.1) is 0 Å². The number of amides is 1. The highest BCUT2D eigenvalue weighted by Crippen LogP contribution is 2.28. The van der Waals surface area contributed by atoms with E-state index in [1.54, 1.807) is 0 Å². The van der Waals surface area contributed by atoms with E-state index < -0.39 is 0 Å². The molecule has 3 heteroatoms. The summed E-state index contributed by atoms with van der Waals surface area (Å²) in [6, 6.07) is 13.8. The zero-order valence-corrected chi connectivity index (χ0v) is 11.8. The van der Waals surface area contributed by atoms with E-state index in [1.807, 2.05) is 43.3 Å². The SMILES string of the molecule is Cc1ccccc1C(=O)Nc1cccc2c1CN(C)C2. The molecule has 0 bridgehead atoms. The van der Waals surface area contributed by atoms with Gasteiger partial charge in [-0.2, -0.15) is 0 Å². The van der Waals surface area contributed by atoms with Crippen LogP contribution in [0.2, 0.25) is 0 Å². The number of hydrogen-bond acceptors (Lipinski definition) is 2. The Morgan fingerprint density at radius 2 is 1.90 bits per heavy atom. The van der Waals surface area contributed by atoms with Crippen molar-refractivity contribution >= 4 is 11.6 Å². The fourth-order valence-corrected chi connectivity index (χ4v) is 2.72. The van der Waals surface area contributed by atoms with E-state index >= 15 is 0 Å². The molecule has 102 valence electrons. The van der Waals surface area contributed by atoms with Crippen LogP contribution in [-0.2, 0) is 13.1 Å². The van der Waals surface area contributed by atoms with Gasteiger partial charge in [-0.1, -0.05) is 30.3 Å². The summed E-state index contributed by atoms with van der Waals surface area (Å²) in [4.78, 5) is 14.6. The molecule has 0 aliphatic carbocycles. The Labute approximate surface area is 119 Å². The quantitative estimate of drug-likeness (QED) is 0.905. The molecule has 3 nitrogen and oxygen atoms in total. The van der Waals surface area contributed by atoms with Gasteiger partial charge in [0, 0.05) is 24.3 Å². The summed E-state index contributed by atoms with van der Waals surface area (Å²) in [5, 5.41) is 3.05. The summed E-state index contributed by atoms with van der Waals surface area (Å²) < 4.78 is 0. The van der Waals surface area contributed by atoms with Crippen molar-refractivity contribution in [2.75, 3.05) is 12.4 Å². The van der Waals surface area contributed by atoms with Gasteiger partial charge in [-0.15, -0.1) is 0 Å². The Kier molecular flexibility index (Phi) is 3.28. The Morgan fingerprint density at radius 3 is 2.70 bits per heavy atom. The summed E-state index contributed by atoms with van der Waals surface area (Å²) >= 11 is 0. The van der Waals surface area contributed by atoms with Gasteiger partial charge < -0.3 is 5.32 Å². The Bertz CT molecular complexity index is 664. The molecule has 1 aliphatic heterocycles. The third-order valence-corrected chi connectivity index (χ3v) is 3.78. The first-order chi connectivity index (χ1) is 9.65. The monoisotopic (exact) mass is 266 g/mol. The fraction of sp³-hybridized carbons (Fsp3) is 0.235. The zero-order valence-electron chi connectivity index (χ0n) is 11.8. The summed E-state index contributed by atoms with van der Waals surface area (Å²) in [5.41, 5.74) is 5.19. The maximum atomic E-state index is 12.4. The van der Waals surface area contributed by atoms with Crippen LogP contribution in [-0.4, -0.2) is 17.9 Å². The van der Waals surface area contributed by atoms with Crippen LogP contribution in [0.3, 0.4) is 0 Å². The number of aryl methyl sites for hydroxylation is 1. The molecule has 1 amide bonds. The van der Waals surface area contributed by atoms with Crippen molar-refractivity contribution in [2.45, 2.75) is 20.0 Å². The largest absolute Gasteiger partial charge is 0.322 e. The van der Waals surface area contributed by atoms with Crippen molar-refractivity contribution in [3.63, 3.8) is 0 Å². The standard InChI is InChI=1S/C17H18N2O/c1-12-6-3-4-8-14(12)17(20)18-16-9-5-7-13-10-19(2)11-15(13)16/h3-9H,10-11H2,1-2H3,(H,18,20). The molecule has 0 saturated carbocycles. The van der Waals surface area contributed by atoms with Crippen LogP contribution in [0, 0.1) is 6.92 Å². The second-order valence-electron chi connectivity index (χ2n) is 5.38. The van der Waals surface area contributed by atoms with Crippen molar-refractivity contribution < 1.29 is 4.79 Å². The predicted octanol–water partition coefficient (Wildman–Crippen LogP) is 3.19. The van der Waals surface area contributed by atoms with Crippen LogP contribution in [0.4, 0.5) is 5.69 Å². The molecular formula is C17H18N2O. The lowest BCUT2D eigenvalue weighted by Crippen LogP contribution is -2.15. The van der Waals surface area contributed by atoms with Gasteiger partial charge in [0.15, 0.2) is 0 Å². The summed E-state index contributed by atoms with van der Waals surface area (Å²) in [5.74, 6) is -0.0361. The molecule has 2 aromatic rings. The highest BCUT2D eigenvalue weighted by Gasteiger charge is 2.20. The van der Waals surface area contributed by atoms with Crippen molar-refractivity contribution in [1.82, 2.24) is 4.90 Å². The maximum absolute atomic E-state index is 12.4. The number of fused-ring (bicyclic) bond motifs is 1. The lowest BCUT2D eigenvalue weighted by atomic mass is 10.1. The summed E-state index contributed by atoms with van der Waals surface area (Å²) in [6.07, 6.45) is 0. The first-order valence-corrected chi connectivity index (χ1v) is 6.81. The second-order valence-corrected chi connectivity index (χ2v) is 5.38. The number of carbonyl (C=O) groups excluding carboxylic acids is 1. The molecule has 0 radical (unpaired) electrons. The minimum atomic E-state index is -0.0361. The number of anilines is 1. The fourth-order valence-electron chi connectivity index (χ4n) is 2.72. The Hall–Kier alpha value is -2.13. The van der Waals surface area contributed by atoms with Crippen LogP contribution >= 0.6 is 0 Å². The van der Waals surface area contributed by atoms with Gasteiger partial charge in [-0.05, 0) is 42.8 Å². The molecule has 20 heavy (non-hydrogen) atoms. The van der Waals surface area contributed by atoms with E-state index in [1.165, 1.54) is 11.1 Å². The van der Waals surface area contributed by atoms with Crippen molar-refractivity contribution in [3.8, 4) is 0 Å². The number of nitrogens with zero attached hydrogens (tertiary/aromatic N) is 1. The molecular weight excluding hydrogens is 248 g/mol. The van der Waals surface area contributed by atoms with Crippen LogP contribution < -0.4 is 5.32 Å². The van der Waals surface area contributed by atoms with E-state index in [9.17, 15) is 4.79 Å². The molecule has 3 rings (SSSR count). The topological polar surface area (TPSA) is 32.3 Å². The number of carbonyl (C=O) groups is 1. The van der Waals surface area contributed by atoms with Crippen LogP contribution in [0.1, 0.15) is 27.0 Å².